The zero-order chi connectivity index (χ0) is 11.4. The van der Waals surface area contributed by atoms with Gasteiger partial charge in [-0.1, -0.05) is 19.8 Å². The molecule has 1 saturated carbocycles. The zero-order valence-corrected chi connectivity index (χ0v) is 10.5. The third-order valence-electron chi connectivity index (χ3n) is 4.44. The minimum atomic E-state index is -0.0501. The quantitative estimate of drug-likeness (QED) is 0.801. The molecule has 16 heavy (non-hydrogen) atoms. The van der Waals surface area contributed by atoms with Crippen LogP contribution in [0.4, 0.5) is 0 Å². The Labute approximate surface area is 99.4 Å². The smallest absolute Gasteiger partial charge is 0.0571 e. The van der Waals surface area contributed by atoms with Gasteiger partial charge in [-0.2, -0.15) is 0 Å². The average molecular weight is 226 g/mol. The summed E-state index contributed by atoms with van der Waals surface area (Å²) in [5.74, 6) is 2.11. The Bertz CT molecular complexity index is 199. The molecule has 2 nitrogen and oxygen atoms in total. The monoisotopic (exact) mass is 226 g/mol. The molecule has 0 spiro atoms. The summed E-state index contributed by atoms with van der Waals surface area (Å²) in [4.78, 5) is 0. The van der Waals surface area contributed by atoms with Crippen LogP contribution in [0.25, 0.3) is 0 Å². The van der Waals surface area contributed by atoms with Gasteiger partial charge in [-0.25, -0.2) is 0 Å². The number of hydrogen-bond donors (Lipinski definition) is 1. The Morgan fingerprint density at radius 2 is 1.94 bits per heavy atom. The molecular formula is C14H26O2. The lowest BCUT2D eigenvalue weighted by molar-refractivity contribution is 0.0156. The van der Waals surface area contributed by atoms with Crippen LogP contribution in [-0.2, 0) is 4.74 Å². The van der Waals surface area contributed by atoms with Crippen molar-refractivity contribution < 1.29 is 9.84 Å². The first-order valence-corrected chi connectivity index (χ1v) is 7.01. The fraction of sp³-hybridized carbons (Fsp3) is 1.00. The Morgan fingerprint density at radius 1 is 1.19 bits per heavy atom. The predicted molar refractivity (Wildman–Crippen MR) is 65.3 cm³/mol. The van der Waals surface area contributed by atoms with Crippen molar-refractivity contribution in [2.45, 2.75) is 58.0 Å². The summed E-state index contributed by atoms with van der Waals surface area (Å²) >= 11 is 0. The molecule has 0 aromatic rings. The van der Waals surface area contributed by atoms with Gasteiger partial charge in [-0.05, 0) is 49.9 Å². The van der Waals surface area contributed by atoms with E-state index in [0.717, 1.165) is 38.4 Å². The van der Waals surface area contributed by atoms with E-state index in [0.29, 0.717) is 11.8 Å². The lowest BCUT2D eigenvalue weighted by Gasteiger charge is -2.33. The van der Waals surface area contributed by atoms with Gasteiger partial charge in [0, 0.05) is 13.2 Å². The summed E-state index contributed by atoms with van der Waals surface area (Å²) in [7, 11) is 0. The molecule has 1 aliphatic carbocycles. The second kappa shape index (κ2) is 6.02. The van der Waals surface area contributed by atoms with Crippen molar-refractivity contribution in [3.05, 3.63) is 0 Å². The summed E-state index contributed by atoms with van der Waals surface area (Å²) in [6, 6.07) is 0. The van der Waals surface area contributed by atoms with E-state index < -0.39 is 0 Å². The van der Waals surface area contributed by atoms with E-state index in [1.54, 1.807) is 0 Å². The number of hydrogen-bond acceptors (Lipinski definition) is 2. The molecule has 0 bridgehead atoms. The first-order chi connectivity index (χ1) is 7.75. The van der Waals surface area contributed by atoms with Crippen LogP contribution in [0.5, 0.6) is 0 Å². The van der Waals surface area contributed by atoms with E-state index >= 15 is 0 Å². The topological polar surface area (TPSA) is 29.5 Å². The number of aliphatic hydroxyl groups is 1. The van der Waals surface area contributed by atoms with Gasteiger partial charge >= 0.3 is 0 Å². The second-order valence-corrected chi connectivity index (χ2v) is 5.89. The highest BCUT2D eigenvalue weighted by molar-refractivity contribution is 4.79. The van der Waals surface area contributed by atoms with Crippen LogP contribution in [0.15, 0.2) is 0 Å². The fourth-order valence-electron chi connectivity index (χ4n) is 3.35. The van der Waals surface area contributed by atoms with Crippen LogP contribution < -0.4 is 0 Å². The standard InChI is InChI=1S/C14H26O2/c1-11-3-2-4-13(9-11)14(15)10-12-5-7-16-8-6-12/h11-15H,2-10H2,1H3. The summed E-state index contributed by atoms with van der Waals surface area (Å²) in [6.07, 6.45) is 8.43. The molecule has 1 heterocycles. The van der Waals surface area contributed by atoms with Gasteiger partial charge in [-0.3, -0.25) is 0 Å². The highest BCUT2D eigenvalue weighted by Gasteiger charge is 2.27. The summed E-state index contributed by atoms with van der Waals surface area (Å²) in [6.45, 7) is 4.13. The Balaban J connectivity index is 1.75. The fourth-order valence-corrected chi connectivity index (χ4v) is 3.35. The summed E-state index contributed by atoms with van der Waals surface area (Å²) in [5, 5.41) is 10.3. The van der Waals surface area contributed by atoms with Gasteiger partial charge in [0.2, 0.25) is 0 Å². The normalized spacial score (nSPS) is 34.9. The minimum Gasteiger partial charge on any atom is -0.393 e. The predicted octanol–water partition coefficient (Wildman–Crippen LogP) is 2.99. The Kier molecular flexibility index (Phi) is 4.66. The average Bonchev–Trinajstić information content (AvgIpc) is 2.30. The molecule has 1 saturated heterocycles. The zero-order valence-electron chi connectivity index (χ0n) is 10.5. The van der Waals surface area contributed by atoms with E-state index in [1.165, 1.54) is 25.7 Å². The SMILES string of the molecule is CC1CCCC(C(O)CC2CCOCC2)C1. The van der Waals surface area contributed by atoms with E-state index in [1.807, 2.05) is 0 Å². The van der Waals surface area contributed by atoms with Crippen molar-refractivity contribution in [1.82, 2.24) is 0 Å². The molecule has 2 heteroatoms. The molecule has 0 aromatic heterocycles. The van der Waals surface area contributed by atoms with Gasteiger partial charge in [0.25, 0.3) is 0 Å². The molecule has 0 radical (unpaired) electrons. The van der Waals surface area contributed by atoms with E-state index in [2.05, 4.69) is 6.92 Å². The van der Waals surface area contributed by atoms with Crippen molar-refractivity contribution in [3.63, 3.8) is 0 Å². The van der Waals surface area contributed by atoms with Gasteiger partial charge < -0.3 is 9.84 Å². The van der Waals surface area contributed by atoms with Gasteiger partial charge in [0.05, 0.1) is 6.10 Å². The molecule has 3 unspecified atom stereocenters. The highest BCUT2D eigenvalue weighted by atomic mass is 16.5. The van der Waals surface area contributed by atoms with Crippen LogP contribution in [0, 0.1) is 17.8 Å². The molecule has 2 aliphatic rings. The van der Waals surface area contributed by atoms with Crippen LogP contribution in [0.2, 0.25) is 0 Å². The van der Waals surface area contributed by atoms with Gasteiger partial charge in [-0.15, -0.1) is 0 Å². The third kappa shape index (κ3) is 3.46. The maximum Gasteiger partial charge on any atom is 0.0571 e. The number of ether oxygens (including phenoxy) is 1. The van der Waals surface area contributed by atoms with E-state index in [4.69, 9.17) is 4.74 Å². The first-order valence-electron chi connectivity index (χ1n) is 7.01. The minimum absolute atomic E-state index is 0.0501. The molecule has 1 aliphatic heterocycles. The van der Waals surface area contributed by atoms with Crippen molar-refractivity contribution >= 4 is 0 Å². The van der Waals surface area contributed by atoms with Crippen molar-refractivity contribution in [2.24, 2.45) is 17.8 Å². The third-order valence-corrected chi connectivity index (χ3v) is 4.44. The van der Waals surface area contributed by atoms with Crippen LogP contribution in [0.1, 0.15) is 51.9 Å². The van der Waals surface area contributed by atoms with Crippen LogP contribution >= 0.6 is 0 Å². The molecule has 94 valence electrons. The molecule has 1 N–H and O–H groups in total. The lowest BCUT2D eigenvalue weighted by atomic mass is 9.77. The second-order valence-electron chi connectivity index (χ2n) is 5.89. The molecule has 0 aromatic carbocycles. The summed E-state index contributed by atoms with van der Waals surface area (Å²) < 4.78 is 5.36. The Hall–Kier alpha value is -0.0800. The largest absolute Gasteiger partial charge is 0.393 e. The maximum atomic E-state index is 10.3. The van der Waals surface area contributed by atoms with E-state index in [9.17, 15) is 5.11 Å². The van der Waals surface area contributed by atoms with Crippen LogP contribution in [-0.4, -0.2) is 24.4 Å². The van der Waals surface area contributed by atoms with E-state index in [-0.39, 0.29) is 6.10 Å². The maximum absolute atomic E-state index is 10.3. The van der Waals surface area contributed by atoms with Crippen LogP contribution in [0.3, 0.4) is 0 Å². The number of rotatable bonds is 3. The first kappa shape index (κ1) is 12.4. The highest BCUT2D eigenvalue weighted by Crippen LogP contribution is 2.34. The van der Waals surface area contributed by atoms with Gasteiger partial charge in [0.1, 0.15) is 0 Å². The van der Waals surface area contributed by atoms with Crippen molar-refractivity contribution in [2.75, 3.05) is 13.2 Å². The van der Waals surface area contributed by atoms with Crippen molar-refractivity contribution in [1.29, 1.82) is 0 Å². The Morgan fingerprint density at radius 3 is 2.62 bits per heavy atom. The van der Waals surface area contributed by atoms with Gasteiger partial charge in [0.15, 0.2) is 0 Å². The molecule has 2 fully saturated rings. The molecular weight excluding hydrogens is 200 g/mol. The molecule has 2 rings (SSSR count). The number of aliphatic hydroxyl groups excluding tert-OH is 1. The lowest BCUT2D eigenvalue weighted by Crippen LogP contribution is -2.29. The summed E-state index contributed by atoms with van der Waals surface area (Å²) in [5.41, 5.74) is 0. The molecule has 3 atom stereocenters. The van der Waals surface area contributed by atoms with Crippen molar-refractivity contribution in [3.8, 4) is 0 Å². The molecule has 0 amide bonds.